The Hall–Kier alpha value is -2.36. The van der Waals surface area contributed by atoms with Gasteiger partial charge >= 0.3 is 0 Å². The average molecular weight is 245 g/mol. The summed E-state index contributed by atoms with van der Waals surface area (Å²) in [5.41, 5.74) is 6.92. The Balaban J connectivity index is 2.09. The molecule has 0 aliphatic rings. The summed E-state index contributed by atoms with van der Waals surface area (Å²) >= 11 is 0. The van der Waals surface area contributed by atoms with Gasteiger partial charge in [-0.25, -0.2) is 0 Å². The van der Waals surface area contributed by atoms with Gasteiger partial charge in [0, 0.05) is 0 Å². The standard InChI is InChI=1S/C14H15NO3/c1-17-11-5-2-4-10(8-11)9-18-13-7-3-6-12(16)14(13)15/h2-8,16H,9,15H2,1H3. The average Bonchev–Trinajstić information content (AvgIpc) is 2.41. The molecule has 2 rings (SSSR count). The van der Waals surface area contributed by atoms with E-state index in [1.807, 2.05) is 24.3 Å². The normalized spacial score (nSPS) is 10.1. The molecule has 2 aromatic rings. The van der Waals surface area contributed by atoms with Crippen LogP contribution in [0.5, 0.6) is 17.2 Å². The molecular formula is C14H15NO3. The fourth-order valence-electron chi connectivity index (χ4n) is 1.58. The number of para-hydroxylation sites is 1. The maximum atomic E-state index is 9.45. The van der Waals surface area contributed by atoms with Crippen LogP contribution in [0.2, 0.25) is 0 Å². The summed E-state index contributed by atoms with van der Waals surface area (Å²) in [6, 6.07) is 12.5. The monoisotopic (exact) mass is 245 g/mol. The minimum atomic E-state index is 0.0261. The lowest BCUT2D eigenvalue weighted by Gasteiger charge is -2.10. The Kier molecular flexibility index (Phi) is 3.57. The van der Waals surface area contributed by atoms with E-state index >= 15 is 0 Å². The number of anilines is 1. The van der Waals surface area contributed by atoms with Gasteiger partial charge in [-0.3, -0.25) is 0 Å². The lowest BCUT2D eigenvalue weighted by molar-refractivity contribution is 0.305. The van der Waals surface area contributed by atoms with Crippen molar-refractivity contribution in [2.24, 2.45) is 0 Å². The number of ether oxygens (including phenoxy) is 2. The number of methoxy groups -OCH3 is 1. The van der Waals surface area contributed by atoms with Gasteiger partial charge in [-0.05, 0) is 29.8 Å². The van der Waals surface area contributed by atoms with Gasteiger partial charge < -0.3 is 20.3 Å². The van der Waals surface area contributed by atoms with Crippen molar-refractivity contribution in [3.05, 3.63) is 48.0 Å². The summed E-state index contributed by atoms with van der Waals surface area (Å²) in [7, 11) is 1.62. The Morgan fingerprint density at radius 1 is 1.17 bits per heavy atom. The zero-order chi connectivity index (χ0) is 13.0. The van der Waals surface area contributed by atoms with Gasteiger partial charge in [0.05, 0.1) is 7.11 Å². The molecule has 0 bridgehead atoms. The van der Waals surface area contributed by atoms with Crippen molar-refractivity contribution in [1.82, 2.24) is 0 Å². The van der Waals surface area contributed by atoms with Crippen molar-refractivity contribution in [1.29, 1.82) is 0 Å². The van der Waals surface area contributed by atoms with E-state index < -0.39 is 0 Å². The Morgan fingerprint density at radius 3 is 2.72 bits per heavy atom. The van der Waals surface area contributed by atoms with Crippen LogP contribution in [-0.4, -0.2) is 12.2 Å². The van der Waals surface area contributed by atoms with Crippen LogP contribution in [0.3, 0.4) is 0 Å². The number of nitrogens with two attached hydrogens (primary N) is 1. The third-order valence-corrected chi connectivity index (χ3v) is 2.57. The highest BCUT2D eigenvalue weighted by Gasteiger charge is 2.05. The Bertz CT molecular complexity index is 540. The highest BCUT2D eigenvalue weighted by Crippen LogP contribution is 2.30. The second kappa shape index (κ2) is 5.31. The van der Waals surface area contributed by atoms with Gasteiger partial charge in [0.2, 0.25) is 0 Å². The van der Waals surface area contributed by atoms with E-state index in [1.165, 1.54) is 6.07 Å². The Labute approximate surface area is 106 Å². The molecule has 4 heteroatoms. The van der Waals surface area contributed by atoms with Crippen LogP contribution < -0.4 is 15.2 Å². The van der Waals surface area contributed by atoms with Gasteiger partial charge in [0.1, 0.15) is 29.5 Å². The Morgan fingerprint density at radius 2 is 1.94 bits per heavy atom. The molecule has 0 fully saturated rings. The number of phenolic OH excluding ortho intramolecular Hbond substituents is 1. The molecule has 94 valence electrons. The van der Waals surface area contributed by atoms with Crippen LogP contribution in [0.25, 0.3) is 0 Å². The topological polar surface area (TPSA) is 64.7 Å². The van der Waals surface area contributed by atoms with Crippen molar-refractivity contribution in [2.75, 3.05) is 12.8 Å². The third kappa shape index (κ3) is 2.66. The first-order valence-corrected chi connectivity index (χ1v) is 5.54. The fourth-order valence-corrected chi connectivity index (χ4v) is 1.58. The molecule has 0 aliphatic carbocycles. The van der Waals surface area contributed by atoms with E-state index in [-0.39, 0.29) is 11.4 Å². The van der Waals surface area contributed by atoms with Crippen LogP contribution in [0.1, 0.15) is 5.56 Å². The number of benzene rings is 2. The van der Waals surface area contributed by atoms with Crippen molar-refractivity contribution in [3.63, 3.8) is 0 Å². The second-order valence-corrected chi connectivity index (χ2v) is 3.83. The first-order valence-electron chi connectivity index (χ1n) is 5.54. The lowest BCUT2D eigenvalue weighted by atomic mass is 10.2. The largest absolute Gasteiger partial charge is 0.506 e. The number of rotatable bonds is 4. The summed E-state index contributed by atoms with van der Waals surface area (Å²) < 4.78 is 10.7. The summed E-state index contributed by atoms with van der Waals surface area (Å²) in [4.78, 5) is 0. The van der Waals surface area contributed by atoms with E-state index in [1.54, 1.807) is 19.2 Å². The van der Waals surface area contributed by atoms with Crippen LogP contribution in [0, 0.1) is 0 Å². The quantitative estimate of drug-likeness (QED) is 0.641. The smallest absolute Gasteiger partial charge is 0.146 e. The molecule has 18 heavy (non-hydrogen) atoms. The van der Waals surface area contributed by atoms with E-state index in [0.29, 0.717) is 12.4 Å². The predicted octanol–water partition coefficient (Wildman–Crippen LogP) is 2.56. The molecule has 2 aromatic carbocycles. The lowest BCUT2D eigenvalue weighted by Crippen LogP contribution is -1.99. The third-order valence-electron chi connectivity index (χ3n) is 2.57. The molecule has 0 heterocycles. The van der Waals surface area contributed by atoms with E-state index in [2.05, 4.69) is 0 Å². The summed E-state index contributed by atoms with van der Waals surface area (Å²) in [6.45, 7) is 0.366. The van der Waals surface area contributed by atoms with Gasteiger partial charge in [-0.2, -0.15) is 0 Å². The number of aromatic hydroxyl groups is 1. The molecule has 0 saturated carbocycles. The number of hydrogen-bond donors (Lipinski definition) is 2. The van der Waals surface area contributed by atoms with Crippen LogP contribution in [-0.2, 0) is 6.61 Å². The molecule has 0 spiro atoms. The molecule has 4 nitrogen and oxygen atoms in total. The van der Waals surface area contributed by atoms with Gasteiger partial charge in [-0.1, -0.05) is 18.2 Å². The number of phenols is 1. The van der Waals surface area contributed by atoms with Crippen LogP contribution in [0.15, 0.2) is 42.5 Å². The summed E-state index contributed by atoms with van der Waals surface area (Å²) in [6.07, 6.45) is 0. The molecule has 0 amide bonds. The highest BCUT2D eigenvalue weighted by atomic mass is 16.5. The van der Waals surface area contributed by atoms with Crippen molar-refractivity contribution < 1.29 is 14.6 Å². The fraction of sp³-hybridized carbons (Fsp3) is 0.143. The molecule has 0 atom stereocenters. The number of nitrogen functional groups attached to an aromatic ring is 1. The predicted molar refractivity (Wildman–Crippen MR) is 69.8 cm³/mol. The maximum Gasteiger partial charge on any atom is 0.146 e. The van der Waals surface area contributed by atoms with Gasteiger partial charge in [-0.15, -0.1) is 0 Å². The molecule has 0 aliphatic heterocycles. The summed E-state index contributed by atoms with van der Waals surface area (Å²) in [5.74, 6) is 1.27. The van der Waals surface area contributed by atoms with Crippen LogP contribution in [0.4, 0.5) is 5.69 Å². The zero-order valence-corrected chi connectivity index (χ0v) is 10.1. The second-order valence-electron chi connectivity index (χ2n) is 3.83. The van der Waals surface area contributed by atoms with Crippen LogP contribution >= 0.6 is 0 Å². The minimum Gasteiger partial charge on any atom is -0.506 e. The van der Waals surface area contributed by atoms with E-state index in [9.17, 15) is 5.11 Å². The van der Waals surface area contributed by atoms with E-state index in [4.69, 9.17) is 15.2 Å². The molecule has 0 radical (unpaired) electrons. The molecule has 3 N–H and O–H groups in total. The molecule has 0 unspecified atom stereocenters. The summed E-state index contributed by atoms with van der Waals surface area (Å²) in [5, 5.41) is 9.45. The van der Waals surface area contributed by atoms with Crippen molar-refractivity contribution >= 4 is 5.69 Å². The number of hydrogen-bond acceptors (Lipinski definition) is 4. The molecular weight excluding hydrogens is 230 g/mol. The van der Waals surface area contributed by atoms with Gasteiger partial charge in [0.25, 0.3) is 0 Å². The van der Waals surface area contributed by atoms with E-state index in [0.717, 1.165) is 11.3 Å². The highest BCUT2D eigenvalue weighted by molar-refractivity contribution is 5.61. The molecule has 0 saturated heterocycles. The maximum absolute atomic E-state index is 9.45. The van der Waals surface area contributed by atoms with Gasteiger partial charge in [0.15, 0.2) is 0 Å². The first kappa shape index (κ1) is 12.1. The minimum absolute atomic E-state index is 0.0261. The van der Waals surface area contributed by atoms with Crippen molar-refractivity contribution in [3.8, 4) is 17.2 Å². The first-order chi connectivity index (χ1) is 8.70. The molecule has 0 aromatic heterocycles. The zero-order valence-electron chi connectivity index (χ0n) is 10.1. The SMILES string of the molecule is COc1cccc(COc2cccc(O)c2N)c1. The van der Waals surface area contributed by atoms with Crippen molar-refractivity contribution in [2.45, 2.75) is 6.61 Å².